The second-order valence-corrected chi connectivity index (χ2v) is 12.2. The first-order valence-electron chi connectivity index (χ1n) is 15.0. The number of hydrogen-bond acceptors (Lipinski definition) is 9. The van der Waals surface area contributed by atoms with E-state index in [0.29, 0.717) is 24.4 Å². The molecule has 0 radical (unpaired) electrons. The summed E-state index contributed by atoms with van der Waals surface area (Å²) in [4.78, 5) is 35.4. The van der Waals surface area contributed by atoms with E-state index in [1.807, 2.05) is 13.8 Å². The highest BCUT2D eigenvalue weighted by molar-refractivity contribution is 5.76. The van der Waals surface area contributed by atoms with Gasteiger partial charge in [0.1, 0.15) is 24.6 Å². The molecule has 7 unspecified atom stereocenters. The predicted octanol–water partition coefficient (Wildman–Crippen LogP) is 4.28. The fourth-order valence-corrected chi connectivity index (χ4v) is 5.82. The summed E-state index contributed by atoms with van der Waals surface area (Å²) in [6.07, 6.45) is 10.1. The molecule has 41 heavy (non-hydrogen) atoms. The second-order valence-electron chi connectivity index (χ2n) is 12.2. The maximum atomic E-state index is 11.9. The summed E-state index contributed by atoms with van der Waals surface area (Å²) in [6.45, 7) is 16.9. The number of aldehydes is 1. The highest BCUT2D eigenvalue weighted by Crippen LogP contribution is 2.37. The minimum Gasteiger partial charge on any atom is -0.468 e. The van der Waals surface area contributed by atoms with Crippen molar-refractivity contribution < 1.29 is 33.7 Å². The number of hydrogen-bond donors (Lipinski definition) is 2. The quantitative estimate of drug-likeness (QED) is 0.247. The first-order chi connectivity index (χ1) is 19.3. The van der Waals surface area contributed by atoms with E-state index in [9.17, 15) is 14.4 Å². The van der Waals surface area contributed by atoms with Crippen molar-refractivity contribution in [2.45, 2.75) is 111 Å². The fourth-order valence-electron chi connectivity index (χ4n) is 5.82. The van der Waals surface area contributed by atoms with E-state index in [-0.39, 0.29) is 42.8 Å². The Bertz CT molecular complexity index is 885. The lowest BCUT2D eigenvalue weighted by Gasteiger charge is -2.38. The minimum absolute atomic E-state index is 0.0263. The van der Waals surface area contributed by atoms with Gasteiger partial charge in [-0.05, 0) is 65.2 Å². The molecule has 2 aliphatic carbocycles. The van der Waals surface area contributed by atoms with Gasteiger partial charge >= 0.3 is 11.9 Å². The van der Waals surface area contributed by atoms with Crippen LogP contribution in [0.15, 0.2) is 23.3 Å². The molecule has 0 aromatic carbocycles. The standard InChI is InChI=1S/C16H27NO3.C9H14O.C7H15NO3/c1-10(2)17-14(16(18)19-5)9-20-15(17)13-7-6-11(3)8-12(13)4;1-7-3-4-9(6-10)8(2)5-7;1-5(2)8-6(4-9)7(10)11-3/h8,10,12-15H,6-7,9H2,1-5H3;5-6,8-9H,3-4H2,1-2H3;5-6,8-9H,4H2,1-3H3. The zero-order valence-electron chi connectivity index (χ0n) is 27.0. The van der Waals surface area contributed by atoms with Gasteiger partial charge in [-0.15, -0.1) is 0 Å². The third kappa shape index (κ3) is 11.6. The predicted molar refractivity (Wildman–Crippen MR) is 161 cm³/mol. The van der Waals surface area contributed by atoms with Crippen molar-refractivity contribution in [1.82, 2.24) is 10.2 Å². The van der Waals surface area contributed by atoms with E-state index in [1.165, 1.54) is 25.4 Å². The van der Waals surface area contributed by atoms with Crippen LogP contribution in [0.4, 0.5) is 0 Å². The smallest absolute Gasteiger partial charge is 0.325 e. The van der Waals surface area contributed by atoms with Gasteiger partial charge in [0.05, 0.1) is 27.4 Å². The van der Waals surface area contributed by atoms with E-state index < -0.39 is 12.0 Å². The lowest BCUT2D eigenvalue weighted by atomic mass is 9.80. The van der Waals surface area contributed by atoms with Gasteiger partial charge in [-0.1, -0.05) is 51.0 Å². The first-order valence-corrected chi connectivity index (χ1v) is 15.0. The van der Waals surface area contributed by atoms with Gasteiger partial charge in [-0.2, -0.15) is 0 Å². The van der Waals surface area contributed by atoms with Crippen molar-refractivity contribution in [3.63, 3.8) is 0 Å². The molecule has 2 N–H and O–H groups in total. The van der Waals surface area contributed by atoms with Gasteiger partial charge in [0.25, 0.3) is 0 Å². The zero-order chi connectivity index (χ0) is 31.3. The molecule has 1 saturated heterocycles. The van der Waals surface area contributed by atoms with E-state index in [4.69, 9.17) is 14.6 Å². The van der Waals surface area contributed by atoms with Crippen LogP contribution in [0.3, 0.4) is 0 Å². The van der Waals surface area contributed by atoms with Gasteiger partial charge < -0.3 is 29.4 Å². The van der Waals surface area contributed by atoms with Gasteiger partial charge in [-0.3, -0.25) is 14.5 Å². The Kier molecular flexibility index (Phi) is 16.6. The number of rotatable bonds is 8. The Morgan fingerprint density at radius 1 is 1.05 bits per heavy atom. The van der Waals surface area contributed by atoms with E-state index in [2.05, 4.69) is 68.6 Å². The van der Waals surface area contributed by atoms with Crippen LogP contribution in [0.5, 0.6) is 0 Å². The number of carbonyl (C=O) groups is 3. The van der Waals surface area contributed by atoms with Crippen molar-refractivity contribution in [3.05, 3.63) is 23.3 Å². The van der Waals surface area contributed by atoms with Crippen molar-refractivity contribution in [1.29, 1.82) is 0 Å². The molecular weight excluding hydrogens is 524 g/mol. The Labute approximate surface area is 248 Å². The number of nitrogens with zero attached hydrogens (tertiary/aromatic N) is 1. The highest BCUT2D eigenvalue weighted by Gasteiger charge is 2.45. The van der Waals surface area contributed by atoms with Crippen LogP contribution < -0.4 is 5.32 Å². The molecule has 9 nitrogen and oxygen atoms in total. The zero-order valence-corrected chi connectivity index (χ0v) is 27.0. The lowest BCUT2D eigenvalue weighted by Crippen LogP contribution is -2.50. The second kappa shape index (κ2) is 18.5. The van der Waals surface area contributed by atoms with Crippen LogP contribution in [-0.2, 0) is 28.6 Å². The van der Waals surface area contributed by atoms with Crippen molar-refractivity contribution in [2.24, 2.45) is 23.7 Å². The topological polar surface area (TPSA) is 114 Å². The maximum Gasteiger partial charge on any atom is 0.325 e. The number of esters is 2. The SMILES string of the molecule is CC1=CC(C)C(C=O)CC1.COC(=O)C(CO)NC(C)C.COC(=O)C1COC(C2CCC(C)=CC2C)N1C(C)C. The number of nitrogens with one attached hydrogen (secondary N) is 1. The Hall–Kier alpha value is -2.07. The summed E-state index contributed by atoms with van der Waals surface area (Å²) >= 11 is 0. The number of carbonyl (C=O) groups excluding carboxylic acids is 3. The molecule has 9 heteroatoms. The van der Waals surface area contributed by atoms with Crippen LogP contribution in [-0.4, -0.2) is 86.1 Å². The molecule has 0 aromatic rings. The Morgan fingerprint density at radius 3 is 2.07 bits per heavy atom. The summed E-state index contributed by atoms with van der Waals surface area (Å²) in [7, 11) is 2.75. The van der Waals surface area contributed by atoms with Crippen molar-refractivity contribution >= 4 is 18.2 Å². The first kappa shape index (κ1) is 37.0. The normalized spacial score (nSPS) is 28.8. The number of methoxy groups -OCH3 is 2. The van der Waals surface area contributed by atoms with E-state index in [1.54, 1.807) is 0 Å². The van der Waals surface area contributed by atoms with E-state index in [0.717, 1.165) is 32.0 Å². The van der Waals surface area contributed by atoms with Gasteiger partial charge in [-0.25, -0.2) is 0 Å². The average Bonchev–Trinajstić information content (AvgIpc) is 3.37. The molecule has 0 bridgehead atoms. The van der Waals surface area contributed by atoms with E-state index >= 15 is 0 Å². The molecule has 7 atom stereocenters. The molecule has 0 spiro atoms. The maximum absolute atomic E-state index is 11.9. The van der Waals surface area contributed by atoms with Crippen LogP contribution in [0.25, 0.3) is 0 Å². The molecule has 1 fully saturated rings. The molecule has 0 amide bonds. The Morgan fingerprint density at radius 2 is 1.63 bits per heavy atom. The summed E-state index contributed by atoms with van der Waals surface area (Å²) < 4.78 is 15.4. The number of ether oxygens (including phenoxy) is 3. The highest BCUT2D eigenvalue weighted by atomic mass is 16.5. The monoisotopic (exact) mass is 580 g/mol. The third-order valence-corrected chi connectivity index (χ3v) is 8.08. The molecule has 3 rings (SSSR count). The van der Waals surface area contributed by atoms with Crippen LogP contribution >= 0.6 is 0 Å². The largest absolute Gasteiger partial charge is 0.468 e. The molecule has 0 aromatic heterocycles. The average molecular weight is 581 g/mol. The fraction of sp³-hybridized carbons (Fsp3) is 0.781. The van der Waals surface area contributed by atoms with Crippen LogP contribution in [0.2, 0.25) is 0 Å². The summed E-state index contributed by atoms with van der Waals surface area (Å²) in [6, 6.07) is -0.429. The molecular formula is C32H56N2O7. The molecule has 3 aliphatic rings. The molecule has 236 valence electrons. The lowest BCUT2D eigenvalue weighted by molar-refractivity contribution is -0.147. The van der Waals surface area contributed by atoms with Gasteiger partial charge in [0, 0.05) is 23.9 Å². The summed E-state index contributed by atoms with van der Waals surface area (Å²) in [5, 5.41) is 11.6. The third-order valence-electron chi connectivity index (χ3n) is 8.08. The van der Waals surface area contributed by atoms with Crippen molar-refractivity contribution in [2.75, 3.05) is 27.4 Å². The number of aliphatic hydroxyl groups excluding tert-OH is 1. The van der Waals surface area contributed by atoms with Gasteiger partial charge in [0.2, 0.25) is 0 Å². The number of allylic oxidation sites excluding steroid dienone is 4. The van der Waals surface area contributed by atoms with Crippen LogP contribution in [0.1, 0.15) is 81.1 Å². The summed E-state index contributed by atoms with van der Waals surface area (Å²) in [5.41, 5.74) is 2.90. The molecule has 1 aliphatic heterocycles. The summed E-state index contributed by atoms with van der Waals surface area (Å²) in [5.74, 6) is 1.08. The number of aliphatic hydroxyl groups is 1. The van der Waals surface area contributed by atoms with Crippen LogP contribution in [0, 0.1) is 23.7 Å². The van der Waals surface area contributed by atoms with Gasteiger partial charge in [0.15, 0.2) is 0 Å². The molecule has 1 heterocycles. The Balaban J connectivity index is 0.000000339. The minimum atomic E-state index is -0.597. The van der Waals surface area contributed by atoms with Crippen molar-refractivity contribution in [3.8, 4) is 0 Å². The molecule has 0 saturated carbocycles.